The van der Waals surface area contributed by atoms with Crippen molar-refractivity contribution in [1.29, 1.82) is 0 Å². The van der Waals surface area contributed by atoms with E-state index in [1.165, 1.54) is 12.1 Å². The van der Waals surface area contributed by atoms with E-state index in [4.69, 9.17) is 0 Å². The Morgan fingerprint density at radius 3 is 2.26 bits per heavy atom. The Balaban J connectivity index is 2.55. The zero-order chi connectivity index (χ0) is 14.2. The van der Waals surface area contributed by atoms with Gasteiger partial charge in [-0.15, -0.1) is 0 Å². The van der Waals surface area contributed by atoms with E-state index < -0.39 is 23.0 Å². The summed E-state index contributed by atoms with van der Waals surface area (Å²) in [5.74, 6) is -2.56. The molecule has 1 unspecified atom stereocenters. The Morgan fingerprint density at radius 1 is 1.11 bits per heavy atom. The van der Waals surface area contributed by atoms with Crippen LogP contribution in [0.15, 0.2) is 35.9 Å². The fourth-order valence-corrected chi connectivity index (χ4v) is 2.05. The van der Waals surface area contributed by atoms with Crippen LogP contribution in [0.2, 0.25) is 0 Å². The van der Waals surface area contributed by atoms with Gasteiger partial charge in [0.05, 0.1) is 0 Å². The van der Waals surface area contributed by atoms with Crippen molar-refractivity contribution in [1.82, 2.24) is 0 Å². The first-order chi connectivity index (χ1) is 8.88. The van der Waals surface area contributed by atoms with Crippen molar-refractivity contribution in [2.75, 3.05) is 0 Å². The largest absolute Gasteiger partial charge is 0.374 e. The van der Waals surface area contributed by atoms with Crippen LogP contribution in [0.1, 0.15) is 41.0 Å². The molecule has 98 valence electrons. The minimum Gasteiger partial charge on any atom is -0.374 e. The van der Waals surface area contributed by atoms with Crippen LogP contribution in [-0.4, -0.2) is 28.1 Å². The number of hydrogen-bond acceptors (Lipinski definition) is 4. The third kappa shape index (κ3) is 2.04. The number of aliphatic hydroxyl groups is 1. The monoisotopic (exact) mass is 258 g/mol. The van der Waals surface area contributed by atoms with Crippen molar-refractivity contribution < 1.29 is 19.5 Å². The van der Waals surface area contributed by atoms with Gasteiger partial charge in [0.2, 0.25) is 17.3 Å². The Hall–Kier alpha value is -2.07. The highest BCUT2D eigenvalue weighted by Gasteiger charge is 2.51. The van der Waals surface area contributed by atoms with E-state index in [0.29, 0.717) is 0 Å². The number of hydrogen-bond donors (Lipinski definition) is 1. The van der Waals surface area contributed by atoms with Crippen LogP contribution in [0, 0.1) is 0 Å². The number of ketones is 3. The first kappa shape index (κ1) is 13.4. The summed E-state index contributed by atoms with van der Waals surface area (Å²) in [6, 6.07) is 6.06. The van der Waals surface area contributed by atoms with Crippen LogP contribution < -0.4 is 0 Å². The maximum absolute atomic E-state index is 12.3. The summed E-state index contributed by atoms with van der Waals surface area (Å²) in [7, 11) is 0. The lowest BCUT2D eigenvalue weighted by Gasteiger charge is -2.28. The van der Waals surface area contributed by atoms with Gasteiger partial charge in [-0.05, 0) is 13.8 Å². The van der Waals surface area contributed by atoms with E-state index in [1.807, 2.05) is 0 Å². The lowest BCUT2D eigenvalue weighted by atomic mass is 9.75. The lowest BCUT2D eigenvalue weighted by Crippen LogP contribution is -2.53. The maximum Gasteiger partial charge on any atom is 0.243 e. The average molecular weight is 258 g/mol. The highest BCUT2D eigenvalue weighted by molar-refractivity contribution is 6.54. The third-order valence-electron chi connectivity index (χ3n) is 3.18. The predicted molar refractivity (Wildman–Crippen MR) is 69.1 cm³/mol. The minimum absolute atomic E-state index is 0.0689. The van der Waals surface area contributed by atoms with Crippen LogP contribution in [0.3, 0.4) is 0 Å². The molecule has 0 fully saturated rings. The van der Waals surface area contributed by atoms with Gasteiger partial charge in [0.25, 0.3) is 0 Å². The van der Waals surface area contributed by atoms with Gasteiger partial charge >= 0.3 is 0 Å². The van der Waals surface area contributed by atoms with Crippen LogP contribution >= 0.6 is 0 Å². The summed E-state index contributed by atoms with van der Waals surface area (Å²) in [5.41, 5.74) is -1.22. The number of rotatable bonds is 2. The first-order valence-corrected chi connectivity index (χ1v) is 5.96. The molecule has 0 saturated carbocycles. The minimum atomic E-state index is -2.26. The van der Waals surface area contributed by atoms with Gasteiger partial charge in [-0.2, -0.15) is 0 Å². The maximum atomic E-state index is 12.3. The van der Waals surface area contributed by atoms with Crippen molar-refractivity contribution in [3.63, 3.8) is 0 Å². The lowest BCUT2D eigenvalue weighted by molar-refractivity contribution is -0.128. The van der Waals surface area contributed by atoms with Crippen LogP contribution in [0.5, 0.6) is 0 Å². The van der Waals surface area contributed by atoms with Gasteiger partial charge in [0, 0.05) is 17.5 Å². The van der Waals surface area contributed by atoms with Crippen LogP contribution in [0.25, 0.3) is 0 Å². The molecule has 1 aliphatic rings. The number of carbonyl (C=O) groups is 3. The molecule has 1 N–H and O–H groups in total. The highest BCUT2D eigenvalue weighted by Crippen LogP contribution is 2.29. The van der Waals surface area contributed by atoms with E-state index in [1.54, 1.807) is 32.1 Å². The molecule has 2 rings (SSSR count). The molecule has 4 heteroatoms. The molecule has 1 aliphatic carbocycles. The second-order valence-corrected chi connectivity index (χ2v) is 4.88. The molecule has 0 aromatic heterocycles. The zero-order valence-corrected chi connectivity index (χ0v) is 10.8. The second kappa shape index (κ2) is 4.55. The number of allylic oxidation sites excluding steroid dienone is 1. The van der Waals surface area contributed by atoms with Crippen LogP contribution in [0.4, 0.5) is 0 Å². The van der Waals surface area contributed by atoms with Crippen molar-refractivity contribution >= 4 is 17.3 Å². The van der Waals surface area contributed by atoms with Gasteiger partial charge in [-0.1, -0.05) is 35.9 Å². The molecule has 0 amide bonds. The summed E-state index contributed by atoms with van der Waals surface area (Å²) < 4.78 is 0. The molecule has 0 saturated heterocycles. The zero-order valence-electron chi connectivity index (χ0n) is 10.8. The summed E-state index contributed by atoms with van der Waals surface area (Å²) in [6.07, 6.45) is 1.41. The van der Waals surface area contributed by atoms with Crippen molar-refractivity contribution in [3.8, 4) is 0 Å². The van der Waals surface area contributed by atoms with Gasteiger partial charge < -0.3 is 5.11 Å². The topological polar surface area (TPSA) is 71.4 Å². The fraction of sp³-hybridized carbons (Fsp3) is 0.267. The molecule has 0 aliphatic heterocycles. The fourth-order valence-electron chi connectivity index (χ4n) is 2.05. The molecule has 0 heterocycles. The van der Waals surface area contributed by atoms with Gasteiger partial charge in [-0.3, -0.25) is 14.4 Å². The second-order valence-electron chi connectivity index (χ2n) is 4.88. The first-order valence-electron chi connectivity index (χ1n) is 5.96. The predicted octanol–water partition coefficient (Wildman–Crippen LogP) is 1.72. The normalized spacial score (nSPS) is 22.2. The number of benzene rings is 1. The molecule has 1 aromatic rings. The van der Waals surface area contributed by atoms with E-state index in [0.717, 1.165) is 5.57 Å². The number of fused-ring (bicyclic) bond motifs is 1. The van der Waals surface area contributed by atoms with Gasteiger partial charge in [0.1, 0.15) is 0 Å². The van der Waals surface area contributed by atoms with E-state index in [2.05, 4.69) is 0 Å². The van der Waals surface area contributed by atoms with Crippen molar-refractivity contribution in [2.24, 2.45) is 0 Å². The molecule has 1 aromatic carbocycles. The van der Waals surface area contributed by atoms with Crippen molar-refractivity contribution in [3.05, 3.63) is 47.0 Å². The molecule has 19 heavy (non-hydrogen) atoms. The van der Waals surface area contributed by atoms with E-state index >= 15 is 0 Å². The Labute approximate surface area is 110 Å². The average Bonchev–Trinajstić information content (AvgIpc) is 2.41. The van der Waals surface area contributed by atoms with Crippen molar-refractivity contribution in [2.45, 2.75) is 25.9 Å². The third-order valence-corrected chi connectivity index (χ3v) is 3.18. The standard InChI is InChI=1S/C15H14O4/c1-9(2)7-8-15(19)13(17)11-6-4-3-5-10(11)12(16)14(15)18/h3-7,19H,8H2,1-2H3. The molecular formula is C15H14O4. The highest BCUT2D eigenvalue weighted by atomic mass is 16.3. The molecule has 0 radical (unpaired) electrons. The Kier molecular flexibility index (Phi) is 3.20. The summed E-state index contributed by atoms with van der Waals surface area (Å²) >= 11 is 0. The SMILES string of the molecule is CC(C)=CCC1(O)C(=O)C(=O)c2ccccc2C1=O. The van der Waals surface area contributed by atoms with E-state index in [9.17, 15) is 19.5 Å². The summed E-state index contributed by atoms with van der Waals surface area (Å²) in [6.45, 7) is 3.58. The summed E-state index contributed by atoms with van der Waals surface area (Å²) in [5, 5.41) is 10.3. The smallest absolute Gasteiger partial charge is 0.243 e. The molecular weight excluding hydrogens is 244 g/mol. The number of carbonyl (C=O) groups excluding carboxylic acids is 3. The molecule has 0 spiro atoms. The quantitative estimate of drug-likeness (QED) is 0.498. The summed E-state index contributed by atoms with van der Waals surface area (Å²) in [4.78, 5) is 36.2. The molecule has 1 atom stereocenters. The van der Waals surface area contributed by atoms with E-state index in [-0.39, 0.29) is 17.5 Å². The van der Waals surface area contributed by atoms with Gasteiger partial charge in [0.15, 0.2) is 5.60 Å². The molecule has 0 bridgehead atoms. The number of Topliss-reactive ketones (excluding diaryl/α,β-unsaturated/α-hetero) is 3. The molecule has 4 nitrogen and oxygen atoms in total. The van der Waals surface area contributed by atoms with Gasteiger partial charge in [-0.25, -0.2) is 0 Å². The Morgan fingerprint density at radius 2 is 1.68 bits per heavy atom. The van der Waals surface area contributed by atoms with Crippen LogP contribution in [-0.2, 0) is 4.79 Å². The Bertz CT molecular complexity index is 608.